The minimum Gasteiger partial charge on any atom is -0.305 e. The number of amides is 1. The first-order valence-electron chi connectivity index (χ1n) is 4.24. The highest BCUT2D eigenvalue weighted by Crippen LogP contribution is 2.20. The van der Waals surface area contributed by atoms with Crippen LogP contribution in [-0.2, 0) is 9.59 Å². The Kier molecular flexibility index (Phi) is 2.54. The molecule has 0 N–H and O–H groups in total. The Bertz CT molecular complexity index is 386. The average Bonchev–Trinajstić information content (AvgIpc) is 2.47. The van der Waals surface area contributed by atoms with Gasteiger partial charge in [0.15, 0.2) is 5.78 Å². The summed E-state index contributed by atoms with van der Waals surface area (Å²) in [5, 5.41) is 0. The summed E-state index contributed by atoms with van der Waals surface area (Å²) in [6.45, 7) is 0.222. The topological polar surface area (TPSA) is 37.4 Å². The number of Topliss-reactive ketones (excluding diaryl/α,β-unsaturated/α-hetero) is 1. The summed E-state index contributed by atoms with van der Waals surface area (Å²) in [4.78, 5) is 23.9. The van der Waals surface area contributed by atoms with Crippen molar-refractivity contribution in [3.63, 3.8) is 0 Å². The van der Waals surface area contributed by atoms with Gasteiger partial charge >= 0.3 is 0 Å². The van der Waals surface area contributed by atoms with Crippen LogP contribution < -0.4 is 4.90 Å². The summed E-state index contributed by atoms with van der Waals surface area (Å²) in [6, 6.07) is 7.56. The lowest BCUT2D eigenvalue weighted by molar-refractivity contribution is -0.121. The molecule has 1 saturated heterocycles. The number of carbonyl (C=O) groups excluding carboxylic acids is 2. The molecule has 14 heavy (non-hydrogen) atoms. The standard InChI is InChI=1S/C10H8INO2/c11-7-1-3-8(4-2-7)12-6-9(13)5-10(12)14/h1-4H,5-6H2. The third-order valence-corrected chi connectivity index (χ3v) is 2.84. The molecular weight excluding hydrogens is 293 g/mol. The number of hydrogen-bond donors (Lipinski definition) is 0. The molecule has 0 spiro atoms. The van der Waals surface area contributed by atoms with Crippen molar-refractivity contribution < 1.29 is 9.59 Å². The fourth-order valence-electron chi connectivity index (χ4n) is 1.44. The first kappa shape index (κ1) is 9.64. The third kappa shape index (κ3) is 1.79. The predicted octanol–water partition coefficient (Wildman–Crippen LogP) is 1.60. The molecule has 0 bridgehead atoms. The monoisotopic (exact) mass is 301 g/mol. The van der Waals surface area contributed by atoms with E-state index < -0.39 is 0 Å². The van der Waals surface area contributed by atoms with E-state index in [9.17, 15) is 9.59 Å². The number of halogens is 1. The van der Waals surface area contributed by atoms with Crippen LogP contribution in [0.1, 0.15) is 6.42 Å². The zero-order valence-electron chi connectivity index (χ0n) is 7.37. The van der Waals surface area contributed by atoms with Crippen molar-refractivity contribution in [1.29, 1.82) is 0 Å². The second-order valence-electron chi connectivity index (χ2n) is 3.17. The van der Waals surface area contributed by atoms with E-state index >= 15 is 0 Å². The molecule has 0 saturated carbocycles. The molecule has 1 aliphatic rings. The van der Waals surface area contributed by atoms with E-state index in [0.29, 0.717) is 0 Å². The highest BCUT2D eigenvalue weighted by atomic mass is 127. The van der Waals surface area contributed by atoms with Gasteiger partial charge in [-0.05, 0) is 46.9 Å². The highest BCUT2D eigenvalue weighted by molar-refractivity contribution is 14.1. The number of ketones is 1. The van der Waals surface area contributed by atoms with Crippen LogP contribution in [0.3, 0.4) is 0 Å². The van der Waals surface area contributed by atoms with Crippen molar-refractivity contribution in [1.82, 2.24) is 0 Å². The number of nitrogens with zero attached hydrogens (tertiary/aromatic N) is 1. The predicted molar refractivity (Wildman–Crippen MR) is 61.1 cm³/mol. The Morgan fingerprint density at radius 2 is 1.79 bits per heavy atom. The van der Waals surface area contributed by atoms with Crippen molar-refractivity contribution in [2.24, 2.45) is 0 Å². The van der Waals surface area contributed by atoms with Gasteiger partial charge in [-0.1, -0.05) is 0 Å². The number of anilines is 1. The first-order chi connectivity index (χ1) is 6.66. The molecule has 3 nitrogen and oxygen atoms in total. The smallest absolute Gasteiger partial charge is 0.234 e. The summed E-state index contributed by atoms with van der Waals surface area (Å²) in [5.41, 5.74) is 0.807. The lowest BCUT2D eigenvalue weighted by Gasteiger charge is -2.14. The van der Waals surface area contributed by atoms with Gasteiger partial charge in [0.2, 0.25) is 5.91 Å². The second kappa shape index (κ2) is 3.68. The van der Waals surface area contributed by atoms with Crippen molar-refractivity contribution in [2.45, 2.75) is 6.42 Å². The van der Waals surface area contributed by atoms with Crippen LogP contribution in [0.4, 0.5) is 5.69 Å². The Labute approximate surface area is 95.2 Å². The van der Waals surface area contributed by atoms with Crippen LogP contribution in [0.5, 0.6) is 0 Å². The van der Waals surface area contributed by atoms with E-state index in [2.05, 4.69) is 22.6 Å². The summed E-state index contributed by atoms with van der Waals surface area (Å²) in [6.07, 6.45) is 0.0476. The SMILES string of the molecule is O=C1CC(=O)N(c2ccc(I)cc2)C1. The van der Waals surface area contributed by atoms with Crippen LogP contribution in [0.15, 0.2) is 24.3 Å². The average molecular weight is 301 g/mol. The highest BCUT2D eigenvalue weighted by Gasteiger charge is 2.28. The Morgan fingerprint density at radius 3 is 2.29 bits per heavy atom. The van der Waals surface area contributed by atoms with E-state index in [0.717, 1.165) is 9.26 Å². The Morgan fingerprint density at radius 1 is 1.14 bits per heavy atom. The molecule has 1 aromatic rings. The van der Waals surface area contributed by atoms with Crippen molar-refractivity contribution in [3.05, 3.63) is 27.8 Å². The maximum Gasteiger partial charge on any atom is 0.234 e. The maximum atomic E-state index is 11.4. The summed E-state index contributed by atoms with van der Waals surface area (Å²) in [7, 11) is 0. The van der Waals surface area contributed by atoms with Crippen molar-refractivity contribution in [3.8, 4) is 0 Å². The number of rotatable bonds is 1. The van der Waals surface area contributed by atoms with Gasteiger partial charge in [-0.2, -0.15) is 0 Å². The maximum absolute atomic E-state index is 11.4. The van der Waals surface area contributed by atoms with Crippen LogP contribution >= 0.6 is 22.6 Å². The Hall–Kier alpha value is -0.910. The summed E-state index contributed by atoms with van der Waals surface area (Å²) < 4.78 is 1.12. The van der Waals surface area contributed by atoms with Gasteiger partial charge in [-0.15, -0.1) is 0 Å². The van der Waals surface area contributed by atoms with E-state index in [4.69, 9.17) is 0 Å². The lowest BCUT2D eigenvalue weighted by Crippen LogP contribution is -2.24. The molecule has 0 aromatic heterocycles. The minimum absolute atomic E-state index is 0.00597. The second-order valence-corrected chi connectivity index (χ2v) is 4.42. The van der Waals surface area contributed by atoms with Gasteiger partial charge in [0, 0.05) is 9.26 Å². The van der Waals surface area contributed by atoms with E-state index in [-0.39, 0.29) is 24.7 Å². The molecule has 4 heteroatoms. The fraction of sp³-hybridized carbons (Fsp3) is 0.200. The fourth-order valence-corrected chi connectivity index (χ4v) is 1.80. The van der Waals surface area contributed by atoms with Gasteiger partial charge in [0.05, 0.1) is 13.0 Å². The largest absolute Gasteiger partial charge is 0.305 e. The molecule has 1 fully saturated rings. The van der Waals surface area contributed by atoms with E-state index in [1.807, 2.05) is 24.3 Å². The molecule has 0 atom stereocenters. The van der Waals surface area contributed by atoms with Crippen LogP contribution in [0.25, 0.3) is 0 Å². The molecule has 1 aromatic carbocycles. The minimum atomic E-state index is -0.101. The van der Waals surface area contributed by atoms with Crippen molar-refractivity contribution >= 4 is 40.0 Å². The van der Waals surface area contributed by atoms with Gasteiger partial charge in [0.25, 0.3) is 0 Å². The van der Waals surface area contributed by atoms with Gasteiger partial charge in [0.1, 0.15) is 0 Å². The quantitative estimate of drug-likeness (QED) is 0.583. The number of benzene rings is 1. The molecule has 1 amide bonds. The first-order valence-corrected chi connectivity index (χ1v) is 5.32. The van der Waals surface area contributed by atoms with Gasteiger partial charge < -0.3 is 4.90 Å². The van der Waals surface area contributed by atoms with Gasteiger partial charge in [-0.25, -0.2) is 0 Å². The zero-order chi connectivity index (χ0) is 10.1. The normalized spacial score (nSPS) is 16.5. The van der Waals surface area contributed by atoms with Crippen LogP contribution in [0.2, 0.25) is 0 Å². The van der Waals surface area contributed by atoms with E-state index in [1.165, 1.54) is 4.90 Å². The number of carbonyl (C=O) groups is 2. The molecule has 2 rings (SSSR count). The van der Waals surface area contributed by atoms with Crippen LogP contribution in [0, 0.1) is 3.57 Å². The molecule has 1 aliphatic heterocycles. The molecule has 0 aliphatic carbocycles. The summed E-state index contributed by atoms with van der Waals surface area (Å²) in [5.74, 6) is -0.107. The van der Waals surface area contributed by atoms with E-state index in [1.54, 1.807) is 0 Å². The van der Waals surface area contributed by atoms with Crippen molar-refractivity contribution in [2.75, 3.05) is 11.4 Å². The summed E-state index contributed by atoms with van der Waals surface area (Å²) >= 11 is 2.20. The van der Waals surface area contributed by atoms with Crippen LogP contribution in [-0.4, -0.2) is 18.2 Å². The molecule has 0 radical (unpaired) electrons. The zero-order valence-corrected chi connectivity index (χ0v) is 9.52. The number of hydrogen-bond acceptors (Lipinski definition) is 2. The molecule has 0 unspecified atom stereocenters. The lowest BCUT2D eigenvalue weighted by atomic mass is 10.3. The molecule has 1 heterocycles. The van der Waals surface area contributed by atoms with Gasteiger partial charge in [-0.3, -0.25) is 9.59 Å². The molecule has 72 valence electrons. The molecular formula is C10H8INO2. The third-order valence-electron chi connectivity index (χ3n) is 2.12. The Balaban J connectivity index is 2.27.